The number of pyridine rings is 1. The summed E-state index contributed by atoms with van der Waals surface area (Å²) in [5.74, 6) is -2.79. The van der Waals surface area contributed by atoms with Gasteiger partial charge in [-0.1, -0.05) is 36.4 Å². The first kappa shape index (κ1) is 34.8. The number of benzene rings is 2. The number of rotatable bonds is 12. The maximum Gasteiger partial charge on any atom is 1.00 e. The Morgan fingerprint density at radius 2 is 1.57 bits per heavy atom. The molecule has 0 aliphatic heterocycles. The van der Waals surface area contributed by atoms with Gasteiger partial charge < -0.3 is 30.0 Å². The van der Waals surface area contributed by atoms with Crippen LogP contribution in [-0.4, -0.2) is 43.8 Å². The van der Waals surface area contributed by atoms with Crippen LogP contribution in [-0.2, 0) is 11.3 Å². The van der Waals surface area contributed by atoms with E-state index < -0.39 is 42.1 Å². The van der Waals surface area contributed by atoms with Gasteiger partial charge in [0.05, 0.1) is 12.2 Å². The molecule has 0 aliphatic carbocycles. The quantitative estimate of drug-likeness (QED) is 0.207. The average molecular weight is 612 g/mol. The summed E-state index contributed by atoms with van der Waals surface area (Å²) in [6, 6.07) is 14.7. The Bertz CT molecular complexity index is 1590. The molecule has 0 saturated heterocycles. The molecule has 0 aliphatic rings. The number of carbonyl (C=O) groups is 2. The van der Waals surface area contributed by atoms with Crippen LogP contribution in [0.4, 0.5) is 8.78 Å². The van der Waals surface area contributed by atoms with Gasteiger partial charge in [0, 0.05) is 60.6 Å². The molecule has 0 fully saturated rings. The number of aliphatic carboxylic acids is 1. The van der Waals surface area contributed by atoms with Gasteiger partial charge in [-0.2, -0.15) is 0 Å². The fourth-order valence-electron chi connectivity index (χ4n) is 4.94. The molecule has 11 heteroatoms. The van der Waals surface area contributed by atoms with E-state index in [9.17, 15) is 33.7 Å². The number of hydrogen-bond acceptors (Lipinski definition) is 6. The minimum Gasteiger partial charge on any atom is -0.550 e. The topological polar surface area (TPSA) is 128 Å². The van der Waals surface area contributed by atoms with Gasteiger partial charge in [0.2, 0.25) is 0 Å². The Morgan fingerprint density at radius 3 is 2.09 bits per heavy atom. The molecule has 0 radical (unpaired) electrons. The fourth-order valence-corrected chi connectivity index (χ4v) is 4.94. The molecule has 1 amide bonds. The van der Waals surface area contributed by atoms with E-state index in [2.05, 4.69) is 10.3 Å². The zero-order valence-corrected chi connectivity index (χ0v) is 26.7. The maximum absolute atomic E-state index is 14.0. The van der Waals surface area contributed by atoms with Crippen LogP contribution in [0.1, 0.15) is 54.5 Å². The van der Waals surface area contributed by atoms with E-state index in [4.69, 9.17) is 0 Å². The van der Waals surface area contributed by atoms with Crippen LogP contribution in [0.15, 0.2) is 79.1 Å². The van der Waals surface area contributed by atoms with E-state index >= 15 is 0 Å². The Balaban J connectivity index is 0.00000529. The number of halogens is 2. The third kappa shape index (κ3) is 8.71. The Kier molecular flexibility index (Phi) is 12.6. The van der Waals surface area contributed by atoms with E-state index in [0.29, 0.717) is 27.9 Å². The summed E-state index contributed by atoms with van der Waals surface area (Å²) >= 11 is 0. The molecule has 0 unspecified atom stereocenters. The minimum atomic E-state index is -1.44. The monoisotopic (exact) mass is 611 g/mol. The third-order valence-corrected chi connectivity index (χ3v) is 6.81. The van der Waals surface area contributed by atoms with E-state index in [1.165, 1.54) is 30.3 Å². The summed E-state index contributed by atoms with van der Waals surface area (Å²) in [4.78, 5) is 28.9. The molecule has 2 aromatic carbocycles. The van der Waals surface area contributed by atoms with Gasteiger partial charge in [0.25, 0.3) is 5.91 Å². The van der Waals surface area contributed by atoms with Crippen LogP contribution in [0.25, 0.3) is 28.3 Å². The molecule has 4 rings (SSSR count). The van der Waals surface area contributed by atoms with Crippen molar-refractivity contribution in [2.75, 3.05) is 0 Å². The van der Waals surface area contributed by atoms with Crippen LogP contribution >= 0.6 is 0 Å². The number of carboxylic acids is 1. The molecule has 2 heterocycles. The van der Waals surface area contributed by atoms with E-state index in [1.807, 2.05) is 19.9 Å². The summed E-state index contributed by atoms with van der Waals surface area (Å²) in [7, 11) is 0. The third-order valence-electron chi connectivity index (χ3n) is 6.81. The van der Waals surface area contributed by atoms with Crippen LogP contribution in [0.5, 0.6) is 0 Å². The summed E-state index contributed by atoms with van der Waals surface area (Å²) < 4.78 is 29.8. The molecule has 224 valence electrons. The predicted octanol–water partition coefficient (Wildman–Crippen LogP) is 1.28. The average Bonchev–Trinajstić information content (AvgIpc) is 3.31. The molecule has 0 saturated carbocycles. The van der Waals surface area contributed by atoms with Crippen LogP contribution in [0.3, 0.4) is 0 Å². The van der Waals surface area contributed by atoms with Crippen LogP contribution in [0, 0.1) is 11.6 Å². The number of amides is 1. The molecule has 2 aromatic heterocycles. The SMILES string of the molecule is CC(C)n1c(/C=C/[C@H](O)C[C@@H](O)CC(=O)[O-])c(-c2ccc(F)cc2)c(-c2ccc(F)cc2)c1C(=O)NCc1cccnc1.[Na+]. The van der Waals surface area contributed by atoms with Gasteiger partial charge in [-0.15, -0.1) is 0 Å². The van der Waals surface area contributed by atoms with Crippen molar-refractivity contribution >= 4 is 18.0 Å². The van der Waals surface area contributed by atoms with Crippen LogP contribution in [0.2, 0.25) is 0 Å². The number of carboxylic acid groups (broad SMARTS) is 1. The molecule has 0 spiro atoms. The van der Waals surface area contributed by atoms with Crippen molar-refractivity contribution in [2.45, 2.75) is 51.5 Å². The number of aliphatic hydroxyl groups is 2. The molecule has 44 heavy (non-hydrogen) atoms. The fraction of sp³-hybridized carbons (Fsp3) is 0.242. The molecule has 2 atom stereocenters. The summed E-state index contributed by atoms with van der Waals surface area (Å²) in [6.07, 6.45) is 2.78. The molecule has 8 nitrogen and oxygen atoms in total. The molecular weight excluding hydrogens is 579 g/mol. The standard InChI is InChI=1S/C33H33F2N3O5.Na/c1-20(2)38-28(14-13-26(39)16-27(40)17-29(41)42)30(22-5-9-24(34)10-6-22)31(23-7-11-25(35)12-8-23)32(38)33(43)37-19-21-4-3-15-36-18-21;/h3-15,18,20,26-27,39-40H,16-17,19H2,1-2H3,(H,37,43)(H,41,42);/q;+1/p-1/b14-13+;/t26-,27+;/m0./s1. The molecule has 3 N–H and O–H groups in total. The van der Waals surface area contributed by atoms with Gasteiger partial charge >= 0.3 is 29.6 Å². The van der Waals surface area contributed by atoms with Gasteiger partial charge in [0.15, 0.2) is 0 Å². The second-order valence-corrected chi connectivity index (χ2v) is 10.4. The summed E-state index contributed by atoms with van der Waals surface area (Å²) in [5.41, 5.74) is 3.62. The largest absolute Gasteiger partial charge is 1.00 e. The number of carbonyl (C=O) groups excluding carboxylic acids is 2. The Morgan fingerprint density at radius 1 is 0.977 bits per heavy atom. The Labute approximate surface area is 276 Å². The normalized spacial score (nSPS) is 12.6. The Hall–Kier alpha value is -3.67. The zero-order chi connectivity index (χ0) is 31.1. The van der Waals surface area contributed by atoms with Crippen molar-refractivity contribution in [2.24, 2.45) is 0 Å². The number of nitrogens with zero attached hydrogens (tertiary/aromatic N) is 2. The van der Waals surface area contributed by atoms with Crippen molar-refractivity contribution in [3.63, 3.8) is 0 Å². The first-order valence-corrected chi connectivity index (χ1v) is 13.8. The summed E-state index contributed by atoms with van der Waals surface area (Å²) in [5, 5.41) is 34.4. The maximum atomic E-state index is 14.0. The van der Waals surface area contributed by atoms with E-state index in [0.717, 1.165) is 5.56 Å². The summed E-state index contributed by atoms with van der Waals surface area (Å²) in [6.45, 7) is 3.93. The second-order valence-electron chi connectivity index (χ2n) is 10.4. The first-order chi connectivity index (χ1) is 20.5. The van der Waals surface area contributed by atoms with Crippen molar-refractivity contribution in [1.29, 1.82) is 0 Å². The van der Waals surface area contributed by atoms with Crippen molar-refractivity contribution in [3.8, 4) is 22.3 Å². The van der Waals surface area contributed by atoms with Gasteiger partial charge in [-0.05, 0) is 66.9 Å². The van der Waals surface area contributed by atoms with Crippen molar-refractivity contribution < 1.29 is 63.2 Å². The number of aliphatic hydroxyl groups excluding tert-OH is 2. The van der Waals surface area contributed by atoms with Gasteiger partial charge in [0.1, 0.15) is 17.3 Å². The zero-order valence-electron chi connectivity index (χ0n) is 24.7. The minimum absolute atomic E-state index is 0. The number of hydrogen-bond donors (Lipinski definition) is 3. The second kappa shape index (κ2) is 15.9. The molecule has 0 bridgehead atoms. The first-order valence-electron chi connectivity index (χ1n) is 13.8. The predicted molar refractivity (Wildman–Crippen MR) is 156 cm³/mol. The van der Waals surface area contributed by atoms with E-state index in [-0.39, 0.29) is 54.3 Å². The smallest absolute Gasteiger partial charge is 0.550 e. The number of aromatic nitrogens is 2. The molecule has 4 aromatic rings. The van der Waals surface area contributed by atoms with Gasteiger partial charge in [-0.25, -0.2) is 8.78 Å². The van der Waals surface area contributed by atoms with Crippen molar-refractivity contribution in [3.05, 3.63) is 108 Å². The van der Waals surface area contributed by atoms with Crippen LogP contribution < -0.4 is 40.0 Å². The molecular formula is C33H32F2N3NaO5. The number of nitrogens with one attached hydrogen (secondary N) is 1. The van der Waals surface area contributed by atoms with Crippen molar-refractivity contribution in [1.82, 2.24) is 14.9 Å². The van der Waals surface area contributed by atoms with Gasteiger partial charge in [-0.3, -0.25) is 9.78 Å². The van der Waals surface area contributed by atoms with E-state index in [1.54, 1.807) is 53.4 Å².